The van der Waals surface area contributed by atoms with Crippen molar-refractivity contribution in [1.29, 1.82) is 0 Å². The topological polar surface area (TPSA) is 59.0 Å². The number of carbonyl (C=O) groups is 1. The van der Waals surface area contributed by atoms with Crippen molar-refractivity contribution in [3.8, 4) is 0 Å². The van der Waals surface area contributed by atoms with Crippen LogP contribution in [0.2, 0.25) is 18.1 Å². The van der Waals surface area contributed by atoms with Crippen LogP contribution in [0, 0.1) is 0 Å². The molecule has 6 heteroatoms. The minimum Gasteiger partial charge on any atom is -0.445 e. The van der Waals surface area contributed by atoms with Gasteiger partial charge >= 0.3 is 6.09 Å². The number of benzene rings is 2. The molecule has 5 nitrogen and oxygen atoms in total. The molecule has 2 unspecified atom stereocenters. The molecule has 1 fully saturated rings. The minimum atomic E-state index is -1.96. The van der Waals surface area contributed by atoms with Crippen LogP contribution in [-0.4, -0.2) is 50.4 Å². The first-order chi connectivity index (χ1) is 13.1. The van der Waals surface area contributed by atoms with Crippen LogP contribution in [0.5, 0.6) is 0 Å². The second-order valence-corrected chi connectivity index (χ2v) is 13.9. The van der Waals surface area contributed by atoms with E-state index in [9.17, 15) is 9.90 Å². The van der Waals surface area contributed by atoms with E-state index < -0.39 is 20.6 Å². The summed E-state index contributed by atoms with van der Waals surface area (Å²) < 4.78 is 11.5. The number of fused-ring (bicyclic) bond motifs is 1. The van der Waals surface area contributed by atoms with Crippen molar-refractivity contribution in [3.63, 3.8) is 0 Å². The number of rotatable bonds is 6. The Kier molecular flexibility index (Phi) is 5.84. The van der Waals surface area contributed by atoms with Gasteiger partial charge in [0.25, 0.3) is 0 Å². The first kappa shape index (κ1) is 20.8. The number of amides is 1. The molecule has 152 valence electrons. The Morgan fingerprint density at radius 1 is 1.21 bits per heavy atom. The number of hydrogen-bond acceptors (Lipinski definition) is 4. The van der Waals surface area contributed by atoms with E-state index in [0.29, 0.717) is 13.2 Å². The van der Waals surface area contributed by atoms with Gasteiger partial charge in [0.1, 0.15) is 6.61 Å². The van der Waals surface area contributed by atoms with E-state index in [0.717, 1.165) is 16.3 Å². The van der Waals surface area contributed by atoms with Gasteiger partial charge in [0, 0.05) is 19.1 Å². The van der Waals surface area contributed by atoms with Gasteiger partial charge in [-0.1, -0.05) is 63.2 Å². The van der Waals surface area contributed by atoms with Gasteiger partial charge in [0.05, 0.1) is 0 Å². The molecule has 1 N–H and O–H groups in total. The molecule has 3 rings (SSSR count). The molecule has 2 atom stereocenters. The average Bonchev–Trinajstić information content (AvgIpc) is 2.95. The second kappa shape index (κ2) is 7.85. The third-order valence-corrected chi connectivity index (χ3v) is 10.6. The summed E-state index contributed by atoms with van der Waals surface area (Å²) in [4.78, 5) is 13.5. The van der Waals surface area contributed by atoms with E-state index in [4.69, 9.17) is 9.16 Å². The van der Waals surface area contributed by atoms with Crippen LogP contribution in [0.4, 0.5) is 4.79 Å². The summed E-state index contributed by atoms with van der Waals surface area (Å²) in [7, 11) is -1.96. The number of carbonyl (C=O) groups excluding carboxylic acids is 1. The number of aliphatic hydroxyl groups excluding tert-OH is 1. The standard InChI is InChI=1S/C22H31NO4Si/c1-22(2,3)28(4,5)27-14-17(13-23-20(24)15-26-21(23)25)19-12-8-10-16-9-6-7-11-18(16)19/h6-12,17,20,24H,13-15H2,1-5H3. The highest BCUT2D eigenvalue weighted by Crippen LogP contribution is 2.38. The summed E-state index contributed by atoms with van der Waals surface area (Å²) in [5.41, 5.74) is 1.13. The van der Waals surface area contributed by atoms with E-state index in [-0.39, 0.29) is 17.6 Å². The number of cyclic esters (lactones) is 1. The fraction of sp³-hybridized carbons (Fsp3) is 0.500. The van der Waals surface area contributed by atoms with Crippen molar-refractivity contribution in [2.45, 2.75) is 51.0 Å². The number of nitrogens with zero attached hydrogens (tertiary/aromatic N) is 1. The monoisotopic (exact) mass is 401 g/mol. The molecule has 1 amide bonds. The molecule has 0 saturated carbocycles. The second-order valence-electron chi connectivity index (χ2n) is 9.05. The van der Waals surface area contributed by atoms with E-state index in [2.05, 4.69) is 58.1 Å². The molecule has 0 aliphatic carbocycles. The third-order valence-electron chi connectivity index (χ3n) is 6.08. The van der Waals surface area contributed by atoms with Crippen LogP contribution in [-0.2, 0) is 9.16 Å². The van der Waals surface area contributed by atoms with Crippen LogP contribution in [0.25, 0.3) is 10.8 Å². The van der Waals surface area contributed by atoms with E-state index in [1.54, 1.807) is 0 Å². The highest BCUT2D eigenvalue weighted by Gasteiger charge is 2.39. The summed E-state index contributed by atoms with van der Waals surface area (Å²) in [6.45, 7) is 12.0. The molecule has 1 saturated heterocycles. The molecule has 1 heterocycles. The van der Waals surface area contributed by atoms with Crippen LogP contribution < -0.4 is 0 Å². The number of hydrogen-bond donors (Lipinski definition) is 1. The minimum absolute atomic E-state index is 0.0180. The van der Waals surface area contributed by atoms with E-state index in [1.807, 2.05) is 18.2 Å². The van der Waals surface area contributed by atoms with Crippen molar-refractivity contribution in [1.82, 2.24) is 4.90 Å². The first-order valence-electron chi connectivity index (χ1n) is 9.83. The molecule has 0 spiro atoms. The van der Waals surface area contributed by atoms with Gasteiger partial charge in [0.15, 0.2) is 14.5 Å². The average molecular weight is 402 g/mol. The maximum Gasteiger partial charge on any atom is 0.412 e. The smallest absolute Gasteiger partial charge is 0.412 e. The summed E-state index contributed by atoms with van der Waals surface area (Å²) in [5, 5.41) is 12.6. The van der Waals surface area contributed by atoms with Crippen molar-refractivity contribution in [3.05, 3.63) is 48.0 Å². The maximum atomic E-state index is 12.1. The van der Waals surface area contributed by atoms with Gasteiger partial charge in [-0.3, -0.25) is 4.90 Å². The van der Waals surface area contributed by atoms with Crippen molar-refractivity contribution in [2.75, 3.05) is 19.8 Å². The Bertz CT molecular complexity index is 841. The van der Waals surface area contributed by atoms with Crippen LogP contribution in [0.15, 0.2) is 42.5 Å². The molecule has 1 aliphatic heterocycles. The normalized spacial score (nSPS) is 19.1. The Labute approximate surface area is 168 Å². The zero-order chi connectivity index (χ0) is 20.5. The summed E-state index contributed by atoms with van der Waals surface area (Å²) in [5.74, 6) is -0.0551. The van der Waals surface area contributed by atoms with Gasteiger partial charge < -0.3 is 14.3 Å². The summed E-state index contributed by atoms with van der Waals surface area (Å²) in [6, 6.07) is 14.5. The van der Waals surface area contributed by atoms with Crippen LogP contribution >= 0.6 is 0 Å². The fourth-order valence-corrected chi connectivity index (χ4v) is 4.30. The van der Waals surface area contributed by atoms with Gasteiger partial charge in [0.2, 0.25) is 0 Å². The van der Waals surface area contributed by atoms with E-state index >= 15 is 0 Å². The fourth-order valence-electron chi connectivity index (χ4n) is 3.25. The lowest BCUT2D eigenvalue weighted by molar-refractivity contribution is 0.0525. The SMILES string of the molecule is CC(C)(C)[Si](C)(C)OCC(CN1C(=O)OCC1O)c1cccc2ccccc12. The highest BCUT2D eigenvalue weighted by atomic mass is 28.4. The molecular formula is C22H31NO4Si. The quantitative estimate of drug-likeness (QED) is 0.712. The first-order valence-corrected chi connectivity index (χ1v) is 12.7. The molecule has 28 heavy (non-hydrogen) atoms. The third kappa shape index (κ3) is 4.24. The van der Waals surface area contributed by atoms with Crippen molar-refractivity contribution < 1.29 is 19.1 Å². The lowest BCUT2D eigenvalue weighted by Crippen LogP contribution is -2.43. The molecular weight excluding hydrogens is 370 g/mol. The Morgan fingerprint density at radius 3 is 2.54 bits per heavy atom. The van der Waals surface area contributed by atoms with Gasteiger partial charge in [-0.2, -0.15) is 0 Å². The molecule has 0 bridgehead atoms. The van der Waals surface area contributed by atoms with Crippen molar-refractivity contribution >= 4 is 25.2 Å². The van der Waals surface area contributed by atoms with E-state index in [1.165, 1.54) is 4.90 Å². The summed E-state index contributed by atoms with van der Waals surface area (Å²) in [6.07, 6.45) is -1.37. The lowest BCUT2D eigenvalue weighted by Gasteiger charge is -2.38. The largest absolute Gasteiger partial charge is 0.445 e. The van der Waals surface area contributed by atoms with Crippen LogP contribution in [0.1, 0.15) is 32.3 Å². The molecule has 0 radical (unpaired) electrons. The van der Waals surface area contributed by atoms with Gasteiger partial charge in [-0.05, 0) is 34.5 Å². The predicted molar refractivity (Wildman–Crippen MR) is 114 cm³/mol. The van der Waals surface area contributed by atoms with Crippen LogP contribution in [0.3, 0.4) is 0 Å². The molecule has 0 aromatic heterocycles. The Morgan fingerprint density at radius 2 is 1.89 bits per heavy atom. The highest BCUT2D eigenvalue weighted by molar-refractivity contribution is 6.74. The molecule has 1 aliphatic rings. The number of aliphatic hydroxyl groups is 1. The maximum absolute atomic E-state index is 12.1. The molecule has 2 aromatic rings. The number of ether oxygens (including phenoxy) is 1. The van der Waals surface area contributed by atoms with Gasteiger partial charge in [-0.15, -0.1) is 0 Å². The van der Waals surface area contributed by atoms with Crippen molar-refractivity contribution in [2.24, 2.45) is 0 Å². The summed E-state index contributed by atoms with van der Waals surface area (Å²) >= 11 is 0. The van der Waals surface area contributed by atoms with Gasteiger partial charge in [-0.25, -0.2) is 4.79 Å². The Balaban J connectivity index is 1.93. The molecule has 2 aromatic carbocycles. The Hall–Kier alpha value is -1.89. The lowest BCUT2D eigenvalue weighted by atomic mass is 9.93. The predicted octanol–water partition coefficient (Wildman–Crippen LogP) is 4.72. The zero-order valence-corrected chi connectivity index (χ0v) is 18.4. The zero-order valence-electron chi connectivity index (χ0n) is 17.4.